The summed E-state index contributed by atoms with van der Waals surface area (Å²) < 4.78 is 1.75. The zero-order valence-corrected chi connectivity index (χ0v) is 16.1. The highest BCUT2D eigenvalue weighted by atomic mass is 16.2. The molecule has 0 radical (unpaired) electrons. The number of nitrogens with one attached hydrogen (secondary N) is 1. The van der Waals surface area contributed by atoms with Crippen LogP contribution in [0.3, 0.4) is 0 Å². The van der Waals surface area contributed by atoms with Crippen molar-refractivity contribution in [3.05, 3.63) is 47.9 Å². The Balaban J connectivity index is 1.42. The van der Waals surface area contributed by atoms with Gasteiger partial charge in [0.1, 0.15) is 0 Å². The number of fused-ring (bicyclic) bond motifs is 1. The lowest BCUT2D eigenvalue weighted by Gasteiger charge is -2.38. The SMILES string of the molecule is Cc1c(C(=O)N2CCC3(CCNC3)CC2)nnn1-c1cccc2ncccc12. The number of hydrogen-bond donors (Lipinski definition) is 1. The van der Waals surface area contributed by atoms with Crippen LogP contribution in [-0.2, 0) is 0 Å². The lowest BCUT2D eigenvalue weighted by molar-refractivity contribution is 0.0601. The van der Waals surface area contributed by atoms with Crippen molar-refractivity contribution in [3.8, 4) is 5.69 Å². The third-order valence-corrected chi connectivity index (χ3v) is 6.39. The lowest BCUT2D eigenvalue weighted by atomic mass is 9.78. The van der Waals surface area contributed by atoms with E-state index in [1.807, 2.05) is 42.2 Å². The Kier molecular flexibility index (Phi) is 4.12. The van der Waals surface area contributed by atoms with E-state index in [1.54, 1.807) is 10.9 Å². The number of pyridine rings is 1. The maximum absolute atomic E-state index is 13.1. The predicted octanol–water partition coefficient (Wildman–Crippen LogP) is 2.34. The van der Waals surface area contributed by atoms with E-state index < -0.39 is 0 Å². The number of carbonyl (C=O) groups is 1. The maximum Gasteiger partial charge on any atom is 0.276 e. The van der Waals surface area contributed by atoms with Gasteiger partial charge in [-0.1, -0.05) is 11.3 Å². The lowest BCUT2D eigenvalue weighted by Crippen LogP contribution is -2.44. The molecule has 0 unspecified atom stereocenters. The smallest absolute Gasteiger partial charge is 0.276 e. The Morgan fingerprint density at radius 3 is 2.79 bits per heavy atom. The van der Waals surface area contributed by atoms with Gasteiger partial charge >= 0.3 is 0 Å². The first kappa shape index (κ1) is 17.3. The Bertz CT molecular complexity index is 1020. The van der Waals surface area contributed by atoms with Gasteiger partial charge in [0, 0.05) is 31.2 Å². The molecule has 144 valence electrons. The molecule has 2 aliphatic rings. The van der Waals surface area contributed by atoms with Crippen molar-refractivity contribution in [2.75, 3.05) is 26.2 Å². The van der Waals surface area contributed by atoms with E-state index in [0.29, 0.717) is 11.1 Å². The summed E-state index contributed by atoms with van der Waals surface area (Å²) in [6.45, 7) is 5.69. The molecule has 7 nitrogen and oxygen atoms in total. The molecule has 1 amide bonds. The van der Waals surface area contributed by atoms with Crippen LogP contribution in [0.1, 0.15) is 35.4 Å². The molecular formula is C21H24N6O. The van der Waals surface area contributed by atoms with Crippen LogP contribution >= 0.6 is 0 Å². The largest absolute Gasteiger partial charge is 0.337 e. The molecule has 3 aromatic rings. The predicted molar refractivity (Wildman–Crippen MR) is 106 cm³/mol. The molecule has 7 heteroatoms. The van der Waals surface area contributed by atoms with Crippen LogP contribution in [0.5, 0.6) is 0 Å². The van der Waals surface area contributed by atoms with E-state index >= 15 is 0 Å². The van der Waals surface area contributed by atoms with Crippen LogP contribution in [0.15, 0.2) is 36.5 Å². The summed E-state index contributed by atoms with van der Waals surface area (Å²) in [5, 5.41) is 13.0. The normalized spacial score (nSPS) is 18.8. The topological polar surface area (TPSA) is 75.9 Å². The molecule has 1 spiro atoms. The minimum absolute atomic E-state index is 0.0112. The fourth-order valence-corrected chi connectivity index (χ4v) is 4.58. The van der Waals surface area contributed by atoms with Gasteiger partial charge in [0.25, 0.3) is 5.91 Å². The van der Waals surface area contributed by atoms with Gasteiger partial charge in [-0.2, -0.15) is 0 Å². The van der Waals surface area contributed by atoms with E-state index in [-0.39, 0.29) is 5.91 Å². The van der Waals surface area contributed by atoms with Gasteiger partial charge in [-0.3, -0.25) is 9.78 Å². The molecule has 1 N–H and O–H groups in total. The van der Waals surface area contributed by atoms with Crippen LogP contribution in [0.4, 0.5) is 0 Å². The molecule has 0 bridgehead atoms. The van der Waals surface area contributed by atoms with Crippen LogP contribution in [0, 0.1) is 12.3 Å². The van der Waals surface area contributed by atoms with E-state index in [0.717, 1.165) is 61.3 Å². The summed E-state index contributed by atoms with van der Waals surface area (Å²) in [5.74, 6) is -0.0112. The monoisotopic (exact) mass is 376 g/mol. The van der Waals surface area contributed by atoms with Crippen molar-refractivity contribution < 1.29 is 4.79 Å². The number of rotatable bonds is 2. The molecule has 2 fully saturated rings. The van der Waals surface area contributed by atoms with Crippen molar-refractivity contribution in [1.82, 2.24) is 30.2 Å². The Morgan fingerprint density at radius 1 is 1.14 bits per heavy atom. The van der Waals surface area contributed by atoms with Crippen LogP contribution in [0.25, 0.3) is 16.6 Å². The molecule has 2 saturated heterocycles. The molecule has 0 atom stereocenters. The molecule has 2 aliphatic heterocycles. The summed E-state index contributed by atoms with van der Waals surface area (Å²) in [4.78, 5) is 19.5. The van der Waals surface area contributed by atoms with Crippen LogP contribution < -0.4 is 5.32 Å². The fraction of sp³-hybridized carbons (Fsp3) is 0.429. The number of carbonyl (C=O) groups excluding carboxylic acids is 1. The van der Waals surface area contributed by atoms with Gasteiger partial charge in [0.2, 0.25) is 0 Å². The zero-order valence-electron chi connectivity index (χ0n) is 16.1. The van der Waals surface area contributed by atoms with Crippen LogP contribution in [0.2, 0.25) is 0 Å². The average Bonchev–Trinajstić information content (AvgIpc) is 3.34. The number of hydrogen-bond acceptors (Lipinski definition) is 5. The highest BCUT2D eigenvalue weighted by Crippen LogP contribution is 2.37. The van der Waals surface area contributed by atoms with Gasteiger partial charge < -0.3 is 10.2 Å². The van der Waals surface area contributed by atoms with Gasteiger partial charge in [-0.15, -0.1) is 5.10 Å². The highest BCUT2D eigenvalue weighted by molar-refractivity contribution is 5.94. The first-order valence-corrected chi connectivity index (χ1v) is 9.93. The van der Waals surface area contributed by atoms with Gasteiger partial charge in [-0.05, 0) is 62.4 Å². The third-order valence-electron chi connectivity index (χ3n) is 6.39. The van der Waals surface area contributed by atoms with E-state index in [4.69, 9.17) is 0 Å². The highest BCUT2D eigenvalue weighted by Gasteiger charge is 2.38. The minimum Gasteiger partial charge on any atom is -0.337 e. The fourth-order valence-electron chi connectivity index (χ4n) is 4.58. The maximum atomic E-state index is 13.1. The zero-order chi connectivity index (χ0) is 19.1. The number of nitrogens with zero attached hydrogens (tertiary/aromatic N) is 5. The molecule has 0 saturated carbocycles. The number of likely N-dealkylation sites (tertiary alicyclic amines) is 1. The van der Waals surface area contributed by atoms with Crippen LogP contribution in [-0.4, -0.2) is 57.0 Å². The van der Waals surface area contributed by atoms with Crippen molar-refractivity contribution in [2.45, 2.75) is 26.2 Å². The Labute approximate surface area is 163 Å². The van der Waals surface area contributed by atoms with Crippen molar-refractivity contribution in [3.63, 3.8) is 0 Å². The second kappa shape index (κ2) is 6.67. The Hall–Kier alpha value is -2.80. The molecule has 5 rings (SSSR count). The van der Waals surface area contributed by atoms with Crippen molar-refractivity contribution in [2.24, 2.45) is 5.41 Å². The number of piperidine rings is 1. The number of benzene rings is 1. The van der Waals surface area contributed by atoms with E-state index in [2.05, 4.69) is 20.6 Å². The molecule has 0 aliphatic carbocycles. The first-order chi connectivity index (χ1) is 13.7. The second-order valence-corrected chi connectivity index (χ2v) is 8.00. The van der Waals surface area contributed by atoms with Gasteiger partial charge in [0.05, 0.1) is 16.9 Å². The van der Waals surface area contributed by atoms with Gasteiger partial charge in [0.15, 0.2) is 5.69 Å². The average molecular weight is 376 g/mol. The minimum atomic E-state index is -0.0112. The molecular weight excluding hydrogens is 352 g/mol. The molecule has 4 heterocycles. The molecule has 2 aromatic heterocycles. The third kappa shape index (κ3) is 2.77. The summed E-state index contributed by atoms with van der Waals surface area (Å²) in [6, 6.07) is 9.83. The second-order valence-electron chi connectivity index (χ2n) is 8.00. The molecule has 28 heavy (non-hydrogen) atoms. The summed E-state index contributed by atoms with van der Waals surface area (Å²) in [5.41, 5.74) is 3.39. The quantitative estimate of drug-likeness (QED) is 0.743. The van der Waals surface area contributed by atoms with Crippen molar-refractivity contribution in [1.29, 1.82) is 0 Å². The first-order valence-electron chi connectivity index (χ1n) is 9.93. The molecule has 1 aromatic carbocycles. The Morgan fingerprint density at radius 2 is 2.00 bits per heavy atom. The standard InChI is InChI=1S/C21H24N6O/c1-15-19(20(28)26-12-8-21(9-13-26)7-11-22-14-21)24-25-27(15)18-6-2-5-17-16(18)4-3-10-23-17/h2-6,10,22H,7-9,11-14H2,1H3. The van der Waals surface area contributed by atoms with E-state index in [9.17, 15) is 4.79 Å². The summed E-state index contributed by atoms with van der Waals surface area (Å²) in [7, 11) is 0. The van der Waals surface area contributed by atoms with Gasteiger partial charge in [-0.25, -0.2) is 4.68 Å². The number of amides is 1. The van der Waals surface area contributed by atoms with E-state index in [1.165, 1.54) is 6.42 Å². The number of aromatic nitrogens is 4. The summed E-state index contributed by atoms with van der Waals surface area (Å²) >= 11 is 0. The van der Waals surface area contributed by atoms with Crippen molar-refractivity contribution >= 4 is 16.8 Å². The summed E-state index contributed by atoms with van der Waals surface area (Å²) in [6.07, 6.45) is 5.12.